The smallest absolute Gasteiger partial charge is 0.226 e. The van der Waals surface area contributed by atoms with Crippen molar-refractivity contribution in [3.8, 4) is 11.6 Å². The van der Waals surface area contributed by atoms with E-state index in [4.69, 9.17) is 4.74 Å². The van der Waals surface area contributed by atoms with Crippen LogP contribution in [0.1, 0.15) is 16.7 Å². The molecule has 0 aliphatic rings. The van der Waals surface area contributed by atoms with Gasteiger partial charge in [-0.05, 0) is 32.4 Å². The van der Waals surface area contributed by atoms with Gasteiger partial charge in [0.25, 0.3) is 0 Å². The third-order valence-electron chi connectivity index (χ3n) is 2.69. The number of ether oxygens (including phenoxy) is 1. The standard InChI is InChI=1S/C14H17N3O/c1-9-5-6-12(10(2)7-9)18-13-11(3)8-16-14(15-4)17-13/h5-8H,1-4H3,(H,15,16,17). The summed E-state index contributed by atoms with van der Waals surface area (Å²) in [5, 5.41) is 2.90. The number of rotatable bonds is 3. The maximum atomic E-state index is 5.85. The first kappa shape index (κ1) is 12.4. The molecule has 18 heavy (non-hydrogen) atoms. The molecule has 4 heteroatoms. The van der Waals surface area contributed by atoms with Crippen LogP contribution in [-0.4, -0.2) is 17.0 Å². The lowest BCUT2D eigenvalue weighted by molar-refractivity contribution is 0.455. The van der Waals surface area contributed by atoms with Crippen molar-refractivity contribution in [3.63, 3.8) is 0 Å². The highest BCUT2D eigenvalue weighted by Crippen LogP contribution is 2.26. The van der Waals surface area contributed by atoms with Crippen LogP contribution in [0.25, 0.3) is 0 Å². The fourth-order valence-corrected chi connectivity index (χ4v) is 1.67. The normalized spacial score (nSPS) is 10.2. The van der Waals surface area contributed by atoms with Gasteiger partial charge in [0, 0.05) is 18.8 Å². The molecule has 94 valence electrons. The molecule has 1 aromatic heterocycles. The third-order valence-corrected chi connectivity index (χ3v) is 2.69. The Labute approximate surface area is 107 Å². The highest BCUT2D eigenvalue weighted by atomic mass is 16.5. The molecule has 0 saturated carbocycles. The molecule has 0 saturated heterocycles. The molecule has 1 N–H and O–H groups in total. The van der Waals surface area contributed by atoms with E-state index in [1.165, 1.54) is 5.56 Å². The van der Waals surface area contributed by atoms with Crippen molar-refractivity contribution in [1.82, 2.24) is 9.97 Å². The van der Waals surface area contributed by atoms with Crippen molar-refractivity contribution in [2.24, 2.45) is 0 Å². The Hall–Kier alpha value is -2.10. The second-order valence-corrected chi connectivity index (χ2v) is 4.30. The maximum absolute atomic E-state index is 5.85. The van der Waals surface area contributed by atoms with Gasteiger partial charge in [-0.3, -0.25) is 0 Å². The SMILES string of the molecule is CNc1ncc(C)c(Oc2ccc(C)cc2C)n1. The summed E-state index contributed by atoms with van der Waals surface area (Å²) in [5.74, 6) is 1.96. The Morgan fingerprint density at radius 3 is 2.56 bits per heavy atom. The van der Waals surface area contributed by atoms with Crippen LogP contribution >= 0.6 is 0 Å². The van der Waals surface area contributed by atoms with E-state index in [-0.39, 0.29) is 0 Å². The molecule has 0 aliphatic carbocycles. The molecule has 1 heterocycles. The monoisotopic (exact) mass is 243 g/mol. The molecule has 1 aromatic carbocycles. The molecule has 0 atom stereocenters. The summed E-state index contributed by atoms with van der Waals surface area (Å²) >= 11 is 0. The van der Waals surface area contributed by atoms with Gasteiger partial charge in [-0.1, -0.05) is 17.7 Å². The fraction of sp³-hybridized carbons (Fsp3) is 0.286. The van der Waals surface area contributed by atoms with E-state index in [0.29, 0.717) is 11.8 Å². The molecular formula is C14H17N3O. The molecule has 0 spiro atoms. The van der Waals surface area contributed by atoms with E-state index in [9.17, 15) is 0 Å². The number of aromatic nitrogens is 2. The van der Waals surface area contributed by atoms with Gasteiger partial charge in [0.2, 0.25) is 11.8 Å². The predicted molar refractivity (Wildman–Crippen MR) is 72.3 cm³/mol. The van der Waals surface area contributed by atoms with E-state index >= 15 is 0 Å². The van der Waals surface area contributed by atoms with E-state index in [1.54, 1.807) is 13.2 Å². The summed E-state index contributed by atoms with van der Waals surface area (Å²) in [6, 6.07) is 6.08. The second-order valence-electron chi connectivity index (χ2n) is 4.30. The molecule has 0 fully saturated rings. The Morgan fingerprint density at radius 1 is 1.11 bits per heavy atom. The quantitative estimate of drug-likeness (QED) is 0.899. The summed E-state index contributed by atoms with van der Waals surface area (Å²) in [6.07, 6.45) is 1.75. The molecule has 0 radical (unpaired) electrons. The van der Waals surface area contributed by atoms with Crippen LogP contribution in [-0.2, 0) is 0 Å². The van der Waals surface area contributed by atoms with Gasteiger partial charge in [0.1, 0.15) is 5.75 Å². The molecular weight excluding hydrogens is 226 g/mol. The van der Waals surface area contributed by atoms with Crippen molar-refractivity contribution >= 4 is 5.95 Å². The first-order chi connectivity index (χ1) is 8.60. The minimum absolute atomic E-state index is 0.556. The zero-order valence-electron chi connectivity index (χ0n) is 11.1. The Bertz CT molecular complexity index is 567. The molecule has 0 amide bonds. The molecule has 0 unspecified atom stereocenters. The van der Waals surface area contributed by atoms with Gasteiger partial charge in [-0.15, -0.1) is 0 Å². The van der Waals surface area contributed by atoms with Crippen molar-refractivity contribution in [2.75, 3.05) is 12.4 Å². The number of hydrogen-bond donors (Lipinski definition) is 1. The van der Waals surface area contributed by atoms with Gasteiger partial charge < -0.3 is 10.1 Å². The number of nitrogens with zero attached hydrogens (tertiary/aromatic N) is 2. The van der Waals surface area contributed by atoms with Crippen LogP contribution in [0.4, 0.5) is 5.95 Å². The van der Waals surface area contributed by atoms with Gasteiger partial charge >= 0.3 is 0 Å². The minimum Gasteiger partial charge on any atom is -0.438 e. The van der Waals surface area contributed by atoms with Crippen LogP contribution in [0, 0.1) is 20.8 Å². The van der Waals surface area contributed by atoms with Gasteiger partial charge in [-0.25, -0.2) is 4.98 Å². The van der Waals surface area contributed by atoms with Crippen LogP contribution in [0.15, 0.2) is 24.4 Å². The molecule has 0 aliphatic heterocycles. The van der Waals surface area contributed by atoms with Gasteiger partial charge in [0.05, 0.1) is 0 Å². The summed E-state index contributed by atoms with van der Waals surface area (Å²) in [6.45, 7) is 6.02. The average Bonchev–Trinajstić information content (AvgIpc) is 2.35. The Balaban J connectivity index is 2.33. The number of nitrogens with one attached hydrogen (secondary N) is 1. The van der Waals surface area contributed by atoms with Crippen LogP contribution < -0.4 is 10.1 Å². The largest absolute Gasteiger partial charge is 0.438 e. The lowest BCUT2D eigenvalue weighted by Gasteiger charge is -2.11. The third kappa shape index (κ3) is 2.59. The van der Waals surface area contributed by atoms with E-state index < -0.39 is 0 Å². The summed E-state index contributed by atoms with van der Waals surface area (Å²) < 4.78 is 5.85. The zero-order chi connectivity index (χ0) is 13.1. The predicted octanol–water partition coefficient (Wildman–Crippen LogP) is 3.24. The van der Waals surface area contributed by atoms with Crippen molar-refractivity contribution in [2.45, 2.75) is 20.8 Å². The van der Waals surface area contributed by atoms with Crippen LogP contribution in [0.3, 0.4) is 0 Å². The minimum atomic E-state index is 0.556. The van der Waals surface area contributed by atoms with E-state index in [1.807, 2.05) is 26.0 Å². The number of hydrogen-bond acceptors (Lipinski definition) is 4. The first-order valence-electron chi connectivity index (χ1n) is 5.86. The molecule has 2 rings (SSSR count). The van der Waals surface area contributed by atoms with E-state index in [0.717, 1.165) is 16.9 Å². The first-order valence-corrected chi connectivity index (χ1v) is 5.86. The Kier molecular flexibility index (Phi) is 3.46. The van der Waals surface area contributed by atoms with Crippen molar-refractivity contribution < 1.29 is 4.74 Å². The lowest BCUT2D eigenvalue weighted by Crippen LogP contribution is -2.00. The number of anilines is 1. The Morgan fingerprint density at radius 2 is 1.89 bits per heavy atom. The maximum Gasteiger partial charge on any atom is 0.226 e. The number of benzene rings is 1. The van der Waals surface area contributed by atoms with Crippen molar-refractivity contribution in [1.29, 1.82) is 0 Å². The van der Waals surface area contributed by atoms with Crippen molar-refractivity contribution in [3.05, 3.63) is 41.1 Å². The highest BCUT2D eigenvalue weighted by molar-refractivity contribution is 5.40. The lowest BCUT2D eigenvalue weighted by atomic mass is 10.1. The van der Waals surface area contributed by atoms with Crippen LogP contribution in [0.5, 0.6) is 11.6 Å². The average molecular weight is 243 g/mol. The van der Waals surface area contributed by atoms with Gasteiger partial charge in [-0.2, -0.15) is 4.98 Å². The van der Waals surface area contributed by atoms with E-state index in [2.05, 4.69) is 28.3 Å². The topological polar surface area (TPSA) is 47.0 Å². The summed E-state index contributed by atoms with van der Waals surface area (Å²) in [7, 11) is 1.78. The van der Waals surface area contributed by atoms with Gasteiger partial charge in [0.15, 0.2) is 0 Å². The highest BCUT2D eigenvalue weighted by Gasteiger charge is 2.07. The number of aryl methyl sites for hydroxylation is 3. The fourth-order valence-electron chi connectivity index (χ4n) is 1.67. The second kappa shape index (κ2) is 5.04. The molecule has 2 aromatic rings. The molecule has 4 nitrogen and oxygen atoms in total. The van der Waals surface area contributed by atoms with Crippen LogP contribution in [0.2, 0.25) is 0 Å². The summed E-state index contributed by atoms with van der Waals surface area (Å²) in [5.41, 5.74) is 3.23. The zero-order valence-corrected chi connectivity index (χ0v) is 11.1. The molecule has 0 bridgehead atoms. The summed E-state index contributed by atoms with van der Waals surface area (Å²) in [4.78, 5) is 8.44.